The fraction of sp³-hybridized carbons (Fsp3) is 0.167. The third kappa shape index (κ3) is 8.48. The lowest BCUT2D eigenvalue weighted by Gasteiger charge is -2.24. The zero-order chi connectivity index (χ0) is 25.4. The molecule has 184 valence electrons. The van der Waals surface area contributed by atoms with Crippen molar-refractivity contribution in [2.24, 2.45) is 0 Å². The van der Waals surface area contributed by atoms with Gasteiger partial charge in [0.25, 0.3) is 0 Å². The van der Waals surface area contributed by atoms with E-state index in [9.17, 15) is 22.8 Å². The molecule has 0 atom stereocenters. The van der Waals surface area contributed by atoms with Crippen LogP contribution in [0.2, 0.25) is 5.02 Å². The number of halogens is 5. The molecule has 0 saturated carbocycles. The van der Waals surface area contributed by atoms with Gasteiger partial charge in [-0.15, -0.1) is 0 Å². The van der Waals surface area contributed by atoms with Crippen LogP contribution in [0.4, 0.5) is 34.1 Å². The van der Waals surface area contributed by atoms with Gasteiger partial charge in [-0.05, 0) is 66.2 Å². The van der Waals surface area contributed by atoms with Gasteiger partial charge < -0.3 is 20.9 Å². The van der Waals surface area contributed by atoms with Gasteiger partial charge in [0.15, 0.2) is 0 Å². The molecule has 0 fully saturated rings. The van der Waals surface area contributed by atoms with Crippen molar-refractivity contribution in [3.63, 3.8) is 0 Å². The van der Waals surface area contributed by atoms with Gasteiger partial charge in [0.1, 0.15) is 0 Å². The van der Waals surface area contributed by atoms with Crippen LogP contribution in [0, 0.1) is 0 Å². The number of alkyl halides is 3. The topological polar surface area (TPSA) is 73.5 Å². The Labute approximate surface area is 213 Å². The summed E-state index contributed by atoms with van der Waals surface area (Å²) in [7, 11) is 0. The van der Waals surface area contributed by atoms with Crippen molar-refractivity contribution in [1.29, 1.82) is 0 Å². The number of rotatable bonds is 7. The molecule has 11 heteroatoms. The second-order valence-electron chi connectivity index (χ2n) is 7.44. The van der Waals surface area contributed by atoms with E-state index in [0.717, 1.165) is 22.2 Å². The molecule has 3 rings (SSSR count). The molecule has 0 radical (unpaired) electrons. The first-order valence-corrected chi connectivity index (χ1v) is 11.6. The van der Waals surface area contributed by atoms with Crippen LogP contribution in [0.25, 0.3) is 0 Å². The number of urea groups is 2. The van der Waals surface area contributed by atoms with Crippen LogP contribution in [0.5, 0.6) is 0 Å². The van der Waals surface area contributed by atoms with Crippen molar-refractivity contribution in [3.8, 4) is 0 Å². The summed E-state index contributed by atoms with van der Waals surface area (Å²) in [5, 5.41) is 8.51. The maximum Gasteiger partial charge on any atom is 0.416 e. The van der Waals surface area contributed by atoms with Crippen LogP contribution in [0.3, 0.4) is 0 Å². The summed E-state index contributed by atoms with van der Waals surface area (Å²) >= 11 is 9.25. The Hall–Kier alpha value is -3.24. The van der Waals surface area contributed by atoms with Gasteiger partial charge in [-0.1, -0.05) is 39.7 Å². The summed E-state index contributed by atoms with van der Waals surface area (Å²) in [4.78, 5) is 26.5. The molecule has 3 aromatic rings. The van der Waals surface area contributed by atoms with Gasteiger partial charge in [0, 0.05) is 40.5 Å². The highest BCUT2D eigenvalue weighted by atomic mass is 79.9. The van der Waals surface area contributed by atoms with Gasteiger partial charge in [0.2, 0.25) is 0 Å². The number of benzene rings is 3. The fourth-order valence-electron chi connectivity index (χ4n) is 3.02. The zero-order valence-corrected chi connectivity index (χ0v) is 20.5. The van der Waals surface area contributed by atoms with Crippen LogP contribution >= 0.6 is 27.5 Å². The lowest BCUT2D eigenvalue weighted by atomic mass is 10.2. The summed E-state index contributed by atoms with van der Waals surface area (Å²) in [6, 6.07) is 17.1. The first-order chi connectivity index (χ1) is 16.6. The minimum absolute atomic E-state index is 0.135. The Kier molecular flexibility index (Phi) is 9.00. The van der Waals surface area contributed by atoms with Crippen molar-refractivity contribution in [1.82, 2.24) is 10.2 Å². The summed E-state index contributed by atoms with van der Waals surface area (Å²) in [6.45, 7) is 0.471. The molecular weight excluding hydrogens is 549 g/mol. The molecule has 35 heavy (non-hydrogen) atoms. The smallest absolute Gasteiger partial charge is 0.336 e. The quantitative estimate of drug-likeness (QED) is 0.287. The SMILES string of the molecule is O=C(NCCN(Cc1ccc(Cl)cc1)C(=O)Nc1ccc(C(F)(F)F)cc1)Nc1ccc(Br)cc1. The summed E-state index contributed by atoms with van der Waals surface area (Å²) in [5.41, 5.74) is 0.791. The Balaban J connectivity index is 1.62. The molecule has 0 saturated heterocycles. The number of carbonyl (C=O) groups excluding carboxylic acids is 2. The Morgan fingerprint density at radius 2 is 1.43 bits per heavy atom. The number of anilines is 2. The molecule has 0 aliphatic heterocycles. The van der Waals surface area contributed by atoms with Crippen LogP contribution < -0.4 is 16.0 Å². The highest BCUT2D eigenvalue weighted by molar-refractivity contribution is 9.10. The van der Waals surface area contributed by atoms with Crippen LogP contribution in [-0.4, -0.2) is 30.1 Å². The van der Waals surface area contributed by atoms with Gasteiger partial charge in [0.05, 0.1) is 5.56 Å². The number of carbonyl (C=O) groups is 2. The third-order valence-corrected chi connectivity index (χ3v) is 5.59. The lowest BCUT2D eigenvalue weighted by Crippen LogP contribution is -2.41. The number of amides is 4. The van der Waals surface area contributed by atoms with E-state index in [4.69, 9.17) is 11.6 Å². The van der Waals surface area contributed by atoms with Gasteiger partial charge >= 0.3 is 18.2 Å². The highest BCUT2D eigenvalue weighted by Gasteiger charge is 2.30. The van der Waals surface area contributed by atoms with E-state index >= 15 is 0 Å². The normalized spacial score (nSPS) is 11.0. The predicted octanol–water partition coefficient (Wildman–Crippen LogP) is 6.98. The van der Waals surface area contributed by atoms with Crippen molar-refractivity contribution in [2.45, 2.75) is 12.7 Å². The molecule has 0 aliphatic rings. The summed E-state index contributed by atoms with van der Waals surface area (Å²) < 4.78 is 39.3. The summed E-state index contributed by atoms with van der Waals surface area (Å²) in [5.74, 6) is 0. The predicted molar refractivity (Wildman–Crippen MR) is 133 cm³/mol. The standard InChI is InChI=1S/C24H21BrClF3N4O2/c25-18-5-11-20(12-6-18)31-22(34)30-13-14-33(15-16-1-7-19(26)8-2-16)23(35)32-21-9-3-17(4-10-21)24(27,28)29/h1-12H,13-15H2,(H,32,35)(H2,30,31,34). The largest absolute Gasteiger partial charge is 0.416 e. The van der Waals surface area contributed by atoms with Crippen molar-refractivity contribution >= 4 is 51.0 Å². The van der Waals surface area contributed by atoms with Gasteiger partial charge in [-0.2, -0.15) is 13.2 Å². The molecule has 0 unspecified atom stereocenters. The minimum Gasteiger partial charge on any atom is -0.336 e. The van der Waals surface area contributed by atoms with Crippen LogP contribution in [-0.2, 0) is 12.7 Å². The average molecular weight is 570 g/mol. The highest BCUT2D eigenvalue weighted by Crippen LogP contribution is 2.29. The Morgan fingerprint density at radius 3 is 2.03 bits per heavy atom. The van der Waals surface area contributed by atoms with E-state index in [0.29, 0.717) is 10.7 Å². The Morgan fingerprint density at radius 1 is 0.857 bits per heavy atom. The molecule has 0 spiro atoms. The number of hydrogen-bond acceptors (Lipinski definition) is 2. The molecule has 3 aromatic carbocycles. The van der Waals surface area contributed by atoms with Crippen LogP contribution in [0.15, 0.2) is 77.3 Å². The van der Waals surface area contributed by atoms with E-state index in [2.05, 4.69) is 31.9 Å². The fourth-order valence-corrected chi connectivity index (χ4v) is 3.41. The minimum atomic E-state index is -4.47. The average Bonchev–Trinajstić information content (AvgIpc) is 2.81. The number of nitrogens with zero attached hydrogens (tertiary/aromatic N) is 1. The first-order valence-electron chi connectivity index (χ1n) is 10.4. The molecule has 0 heterocycles. The lowest BCUT2D eigenvalue weighted by molar-refractivity contribution is -0.137. The molecule has 4 amide bonds. The van der Waals surface area contributed by atoms with Crippen molar-refractivity contribution in [3.05, 3.63) is 93.4 Å². The maximum absolute atomic E-state index is 12.9. The van der Waals surface area contributed by atoms with E-state index in [1.165, 1.54) is 17.0 Å². The van der Waals surface area contributed by atoms with Crippen LogP contribution in [0.1, 0.15) is 11.1 Å². The second kappa shape index (κ2) is 11.9. The molecular formula is C24H21BrClF3N4O2. The van der Waals surface area contributed by atoms with E-state index in [1.54, 1.807) is 48.5 Å². The van der Waals surface area contributed by atoms with E-state index in [1.807, 2.05) is 0 Å². The maximum atomic E-state index is 12.9. The van der Waals surface area contributed by atoms with E-state index < -0.39 is 23.8 Å². The monoisotopic (exact) mass is 568 g/mol. The Bertz CT molecular complexity index is 1140. The number of nitrogens with one attached hydrogen (secondary N) is 3. The van der Waals surface area contributed by atoms with E-state index in [-0.39, 0.29) is 25.3 Å². The molecule has 0 aromatic heterocycles. The molecule has 6 nitrogen and oxygen atoms in total. The van der Waals surface area contributed by atoms with Gasteiger partial charge in [-0.25, -0.2) is 9.59 Å². The second-order valence-corrected chi connectivity index (χ2v) is 8.79. The summed E-state index contributed by atoms with van der Waals surface area (Å²) in [6.07, 6.45) is -4.47. The van der Waals surface area contributed by atoms with Crippen molar-refractivity contribution in [2.75, 3.05) is 23.7 Å². The third-order valence-electron chi connectivity index (χ3n) is 4.81. The molecule has 3 N–H and O–H groups in total. The van der Waals surface area contributed by atoms with Gasteiger partial charge in [-0.3, -0.25) is 0 Å². The van der Waals surface area contributed by atoms with Crippen molar-refractivity contribution < 1.29 is 22.8 Å². The zero-order valence-electron chi connectivity index (χ0n) is 18.2. The molecule has 0 aliphatic carbocycles. The number of hydrogen-bond donors (Lipinski definition) is 3. The first kappa shape index (κ1) is 26.4. The molecule has 0 bridgehead atoms.